The first kappa shape index (κ1) is 15.6. The predicted octanol–water partition coefficient (Wildman–Crippen LogP) is 0.631. The first-order valence-corrected chi connectivity index (χ1v) is 7.83. The van der Waals surface area contributed by atoms with Crippen molar-refractivity contribution in [2.75, 3.05) is 39.8 Å². The van der Waals surface area contributed by atoms with Crippen molar-refractivity contribution >= 4 is 17.1 Å². The van der Waals surface area contributed by atoms with Crippen molar-refractivity contribution in [2.24, 2.45) is 5.92 Å². The van der Waals surface area contributed by atoms with Crippen LogP contribution in [0.1, 0.15) is 16.8 Å². The van der Waals surface area contributed by atoms with Crippen LogP contribution >= 0.6 is 11.3 Å². The summed E-state index contributed by atoms with van der Waals surface area (Å²) in [5, 5.41) is 10.3. The van der Waals surface area contributed by atoms with Gasteiger partial charge in [0.05, 0.1) is 6.42 Å². The third-order valence-corrected chi connectivity index (χ3v) is 4.51. The Kier molecular flexibility index (Phi) is 5.65. The quantitative estimate of drug-likeness (QED) is 0.864. The standard InChI is InChI=1S/C14H23N3O2S/c1-11(19)5-14-15-6-13(20-14)9-17-4-3-16(2)7-12(8-17)10-18/h6,12,18H,3-5,7-10H2,1-2H3. The average molecular weight is 297 g/mol. The first-order valence-electron chi connectivity index (χ1n) is 7.01. The molecule has 20 heavy (non-hydrogen) atoms. The number of carbonyl (C=O) groups excluding carboxylic acids is 1. The lowest BCUT2D eigenvalue weighted by molar-refractivity contribution is -0.116. The Bertz CT molecular complexity index is 449. The summed E-state index contributed by atoms with van der Waals surface area (Å²) in [6, 6.07) is 0. The monoisotopic (exact) mass is 297 g/mol. The molecule has 2 rings (SSSR count). The highest BCUT2D eigenvalue weighted by Crippen LogP contribution is 2.18. The Labute approximate surface area is 124 Å². The highest BCUT2D eigenvalue weighted by molar-refractivity contribution is 7.11. The van der Waals surface area contributed by atoms with Gasteiger partial charge in [-0.25, -0.2) is 4.98 Å². The SMILES string of the molecule is CC(=O)Cc1ncc(CN2CCN(C)CC(CO)C2)s1. The molecular formula is C14H23N3O2S. The molecule has 5 nitrogen and oxygen atoms in total. The Morgan fingerprint density at radius 1 is 1.50 bits per heavy atom. The Morgan fingerprint density at radius 3 is 3.00 bits per heavy atom. The fourth-order valence-corrected chi connectivity index (χ4v) is 3.59. The molecule has 1 aliphatic rings. The third kappa shape index (κ3) is 4.63. The molecule has 1 aromatic heterocycles. The van der Waals surface area contributed by atoms with Gasteiger partial charge in [-0.3, -0.25) is 9.69 Å². The van der Waals surface area contributed by atoms with Gasteiger partial charge in [0.15, 0.2) is 0 Å². The average Bonchev–Trinajstić information content (AvgIpc) is 2.72. The van der Waals surface area contributed by atoms with E-state index < -0.39 is 0 Å². The van der Waals surface area contributed by atoms with Gasteiger partial charge in [0.25, 0.3) is 0 Å². The Balaban J connectivity index is 1.94. The lowest BCUT2D eigenvalue weighted by atomic mass is 10.1. The minimum atomic E-state index is 0.155. The summed E-state index contributed by atoms with van der Waals surface area (Å²) < 4.78 is 0. The van der Waals surface area contributed by atoms with E-state index in [0.717, 1.165) is 37.7 Å². The topological polar surface area (TPSA) is 56.7 Å². The van der Waals surface area contributed by atoms with Gasteiger partial charge < -0.3 is 10.0 Å². The van der Waals surface area contributed by atoms with Gasteiger partial charge in [0, 0.05) is 56.3 Å². The van der Waals surface area contributed by atoms with Crippen molar-refractivity contribution in [2.45, 2.75) is 19.9 Å². The van der Waals surface area contributed by atoms with Crippen molar-refractivity contribution in [3.63, 3.8) is 0 Å². The molecule has 0 spiro atoms. The number of hydrogen-bond donors (Lipinski definition) is 1. The van der Waals surface area contributed by atoms with Crippen molar-refractivity contribution in [3.8, 4) is 0 Å². The fraction of sp³-hybridized carbons (Fsp3) is 0.714. The number of rotatable bonds is 5. The lowest BCUT2D eigenvalue weighted by Crippen LogP contribution is -2.30. The van der Waals surface area contributed by atoms with Crippen LogP contribution in [0.15, 0.2) is 6.20 Å². The van der Waals surface area contributed by atoms with Gasteiger partial charge in [-0.05, 0) is 14.0 Å². The zero-order chi connectivity index (χ0) is 14.5. The second-order valence-electron chi connectivity index (χ2n) is 5.65. The maximum atomic E-state index is 11.1. The molecule has 1 fully saturated rings. The molecule has 0 amide bonds. The van der Waals surface area contributed by atoms with Gasteiger partial charge in [0.2, 0.25) is 0 Å². The van der Waals surface area contributed by atoms with Crippen molar-refractivity contribution < 1.29 is 9.90 Å². The number of aliphatic hydroxyl groups is 1. The number of Topliss-reactive ketones (excluding diaryl/α,β-unsaturated/α-hetero) is 1. The molecule has 0 bridgehead atoms. The third-order valence-electron chi connectivity index (χ3n) is 3.52. The highest BCUT2D eigenvalue weighted by Gasteiger charge is 2.21. The van der Waals surface area contributed by atoms with E-state index in [9.17, 15) is 9.90 Å². The van der Waals surface area contributed by atoms with E-state index in [2.05, 4.69) is 21.8 Å². The molecule has 1 unspecified atom stereocenters. The van der Waals surface area contributed by atoms with E-state index in [1.54, 1.807) is 18.3 Å². The summed E-state index contributed by atoms with van der Waals surface area (Å²) in [5.74, 6) is 0.467. The fourth-order valence-electron chi connectivity index (χ4n) is 2.55. The van der Waals surface area contributed by atoms with Crippen LogP contribution in [-0.2, 0) is 17.8 Å². The molecule has 112 valence electrons. The summed E-state index contributed by atoms with van der Waals surface area (Å²) in [6.45, 7) is 6.59. The van der Waals surface area contributed by atoms with E-state index in [1.807, 2.05) is 6.20 Å². The molecule has 1 N–H and O–H groups in total. The van der Waals surface area contributed by atoms with E-state index in [0.29, 0.717) is 12.3 Å². The second kappa shape index (κ2) is 7.26. The van der Waals surface area contributed by atoms with E-state index >= 15 is 0 Å². The van der Waals surface area contributed by atoms with Crippen LogP contribution in [0.2, 0.25) is 0 Å². The van der Waals surface area contributed by atoms with Crippen LogP contribution in [0, 0.1) is 5.92 Å². The van der Waals surface area contributed by atoms with Gasteiger partial charge in [0.1, 0.15) is 10.8 Å². The maximum absolute atomic E-state index is 11.1. The van der Waals surface area contributed by atoms with Crippen molar-refractivity contribution in [1.29, 1.82) is 0 Å². The van der Waals surface area contributed by atoms with Gasteiger partial charge in [-0.2, -0.15) is 0 Å². The molecule has 2 heterocycles. The predicted molar refractivity (Wildman–Crippen MR) is 79.8 cm³/mol. The molecule has 0 saturated carbocycles. The molecule has 0 radical (unpaired) electrons. The summed E-state index contributed by atoms with van der Waals surface area (Å²) in [6.07, 6.45) is 2.32. The number of carbonyl (C=O) groups is 1. The summed E-state index contributed by atoms with van der Waals surface area (Å²) in [4.78, 5) is 21.2. The van der Waals surface area contributed by atoms with Crippen LogP contribution in [0.25, 0.3) is 0 Å². The van der Waals surface area contributed by atoms with Gasteiger partial charge in [-0.1, -0.05) is 0 Å². The molecule has 1 aliphatic heterocycles. The molecular weight excluding hydrogens is 274 g/mol. The number of ketones is 1. The second-order valence-corrected chi connectivity index (χ2v) is 6.84. The number of thiazole rings is 1. The number of nitrogens with zero attached hydrogens (tertiary/aromatic N) is 3. The Morgan fingerprint density at radius 2 is 2.30 bits per heavy atom. The normalized spacial score (nSPS) is 21.9. The number of aliphatic hydroxyl groups excluding tert-OH is 1. The Hall–Kier alpha value is -0.820. The van der Waals surface area contributed by atoms with E-state index in [-0.39, 0.29) is 12.4 Å². The van der Waals surface area contributed by atoms with Gasteiger partial charge in [-0.15, -0.1) is 11.3 Å². The van der Waals surface area contributed by atoms with Crippen molar-refractivity contribution in [1.82, 2.24) is 14.8 Å². The first-order chi connectivity index (χ1) is 9.56. The summed E-state index contributed by atoms with van der Waals surface area (Å²) in [7, 11) is 2.10. The number of aromatic nitrogens is 1. The molecule has 0 aliphatic carbocycles. The largest absolute Gasteiger partial charge is 0.396 e. The van der Waals surface area contributed by atoms with Crippen LogP contribution in [-0.4, -0.2) is 65.5 Å². The van der Waals surface area contributed by atoms with Crippen LogP contribution < -0.4 is 0 Å². The van der Waals surface area contributed by atoms with E-state index in [4.69, 9.17) is 0 Å². The molecule has 0 aromatic carbocycles. The number of likely N-dealkylation sites (N-methyl/N-ethyl adjacent to an activating group) is 1. The summed E-state index contributed by atoms with van der Waals surface area (Å²) in [5.41, 5.74) is 0. The van der Waals surface area contributed by atoms with Crippen LogP contribution in [0.3, 0.4) is 0 Å². The zero-order valence-corrected chi connectivity index (χ0v) is 13.0. The lowest BCUT2D eigenvalue weighted by Gasteiger charge is -2.21. The minimum absolute atomic E-state index is 0.155. The van der Waals surface area contributed by atoms with Crippen molar-refractivity contribution in [3.05, 3.63) is 16.1 Å². The summed E-state index contributed by atoms with van der Waals surface area (Å²) >= 11 is 1.62. The molecule has 1 aromatic rings. The maximum Gasteiger partial charge on any atom is 0.136 e. The highest BCUT2D eigenvalue weighted by atomic mass is 32.1. The molecule has 6 heteroatoms. The van der Waals surface area contributed by atoms with Crippen LogP contribution in [0.5, 0.6) is 0 Å². The molecule has 1 atom stereocenters. The number of hydrogen-bond acceptors (Lipinski definition) is 6. The smallest absolute Gasteiger partial charge is 0.136 e. The van der Waals surface area contributed by atoms with E-state index in [1.165, 1.54) is 4.88 Å². The van der Waals surface area contributed by atoms with Gasteiger partial charge >= 0.3 is 0 Å². The zero-order valence-electron chi connectivity index (χ0n) is 12.2. The minimum Gasteiger partial charge on any atom is -0.396 e. The molecule has 1 saturated heterocycles. The van der Waals surface area contributed by atoms with Crippen LogP contribution in [0.4, 0.5) is 0 Å².